The molecule has 1 fully saturated rings. The number of carbonyl (C=O) groups excluding carboxylic acids is 1. The summed E-state index contributed by atoms with van der Waals surface area (Å²) in [6, 6.07) is 9.54. The Hall–Kier alpha value is -1.59. The number of nitrogens with one attached hydrogen (secondary N) is 2. The van der Waals surface area contributed by atoms with Gasteiger partial charge in [0.1, 0.15) is 5.75 Å². The van der Waals surface area contributed by atoms with E-state index < -0.39 is 0 Å². The summed E-state index contributed by atoms with van der Waals surface area (Å²) >= 11 is 0. The van der Waals surface area contributed by atoms with E-state index in [1.807, 2.05) is 30.3 Å². The maximum atomic E-state index is 11.8. The molecular formula is C14H20N2O3. The molecule has 2 rings (SSSR count). The Morgan fingerprint density at radius 2 is 2.16 bits per heavy atom. The molecule has 0 saturated carbocycles. The van der Waals surface area contributed by atoms with E-state index in [0.717, 1.165) is 18.8 Å². The van der Waals surface area contributed by atoms with Crippen molar-refractivity contribution in [2.24, 2.45) is 0 Å². The Labute approximate surface area is 113 Å². The number of ether oxygens (including phenoxy) is 2. The molecule has 5 heteroatoms. The number of methoxy groups -OCH3 is 1. The van der Waals surface area contributed by atoms with Crippen LogP contribution in [-0.2, 0) is 9.53 Å². The van der Waals surface area contributed by atoms with Gasteiger partial charge in [-0.3, -0.25) is 4.79 Å². The second-order valence-corrected chi connectivity index (χ2v) is 4.52. The molecule has 2 N–H and O–H groups in total. The lowest BCUT2D eigenvalue weighted by atomic mass is 10.2. The van der Waals surface area contributed by atoms with Crippen molar-refractivity contribution in [3.05, 3.63) is 30.3 Å². The molecule has 2 atom stereocenters. The summed E-state index contributed by atoms with van der Waals surface area (Å²) in [4.78, 5) is 11.8. The summed E-state index contributed by atoms with van der Waals surface area (Å²) in [5.41, 5.74) is 0. The van der Waals surface area contributed by atoms with E-state index in [-0.39, 0.29) is 18.1 Å². The summed E-state index contributed by atoms with van der Waals surface area (Å²) in [7, 11) is 1.66. The van der Waals surface area contributed by atoms with Crippen LogP contribution in [-0.4, -0.2) is 44.9 Å². The van der Waals surface area contributed by atoms with Crippen LogP contribution in [0.2, 0.25) is 0 Å². The first-order valence-corrected chi connectivity index (χ1v) is 6.50. The van der Waals surface area contributed by atoms with E-state index in [1.165, 1.54) is 0 Å². The molecule has 0 radical (unpaired) electrons. The SMILES string of the molecule is CO[C@H]1CNCC1NC(=O)CCOc1ccccc1. The molecule has 1 heterocycles. The maximum absolute atomic E-state index is 11.8. The second kappa shape index (κ2) is 7.11. The summed E-state index contributed by atoms with van der Waals surface area (Å²) in [5, 5.41) is 6.15. The highest BCUT2D eigenvalue weighted by Crippen LogP contribution is 2.08. The van der Waals surface area contributed by atoms with Gasteiger partial charge in [0, 0.05) is 20.2 Å². The number of hydrogen-bond acceptors (Lipinski definition) is 4. The third-order valence-electron chi connectivity index (χ3n) is 3.15. The average Bonchev–Trinajstić information content (AvgIpc) is 2.87. The molecule has 1 aromatic rings. The van der Waals surface area contributed by atoms with E-state index in [2.05, 4.69) is 10.6 Å². The lowest BCUT2D eigenvalue weighted by molar-refractivity contribution is -0.122. The third kappa shape index (κ3) is 4.22. The number of benzene rings is 1. The van der Waals surface area contributed by atoms with Gasteiger partial charge in [-0.25, -0.2) is 0 Å². The number of hydrogen-bond donors (Lipinski definition) is 2. The highest BCUT2D eigenvalue weighted by atomic mass is 16.5. The molecule has 0 bridgehead atoms. The molecule has 1 unspecified atom stereocenters. The lowest BCUT2D eigenvalue weighted by Crippen LogP contribution is -2.43. The maximum Gasteiger partial charge on any atom is 0.223 e. The first-order valence-electron chi connectivity index (χ1n) is 6.50. The van der Waals surface area contributed by atoms with Crippen molar-refractivity contribution in [3.8, 4) is 5.75 Å². The first kappa shape index (κ1) is 13.8. The predicted octanol–water partition coefficient (Wildman–Crippen LogP) is 0.559. The summed E-state index contributed by atoms with van der Waals surface area (Å²) < 4.78 is 10.8. The molecule has 1 aliphatic heterocycles. The summed E-state index contributed by atoms with van der Waals surface area (Å²) in [6.45, 7) is 1.92. The fourth-order valence-corrected chi connectivity index (χ4v) is 2.10. The Kier molecular flexibility index (Phi) is 5.18. The summed E-state index contributed by atoms with van der Waals surface area (Å²) in [6.07, 6.45) is 0.404. The van der Waals surface area contributed by atoms with E-state index in [0.29, 0.717) is 13.0 Å². The van der Waals surface area contributed by atoms with E-state index >= 15 is 0 Å². The van der Waals surface area contributed by atoms with Crippen LogP contribution in [0, 0.1) is 0 Å². The van der Waals surface area contributed by atoms with E-state index in [9.17, 15) is 4.79 Å². The third-order valence-corrected chi connectivity index (χ3v) is 3.15. The zero-order valence-electron chi connectivity index (χ0n) is 11.1. The second-order valence-electron chi connectivity index (χ2n) is 4.52. The smallest absolute Gasteiger partial charge is 0.223 e. The minimum absolute atomic E-state index is 0.00770. The van der Waals surface area contributed by atoms with Gasteiger partial charge in [0.15, 0.2) is 0 Å². The Morgan fingerprint density at radius 3 is 2.89 bits per heavy atom. The minimum Gasteiger partial charge on any atom is -0.493 e. The standard InChI is InChI=1S/C14H20N2O3/c1-18-13-10-15-9-12(13)16-14(17)7-8-19-11-5-3-2-4-6-11/h2-6,12-13,15H,7-10H2,1H3,(H,16,17)/t12?,13-/m0/s1. The van der Waals surface area contributed by atoms with Crippen LogP contribution in [0.3, 0.4) is 0 Å². The highest BCUT2D eigenvalue weighted by molar-refractivity contribution is 5.76. The number of rotatable bonds is 6. The van der Waals surface area contributed by atoms with Crippen molar-refractivity contribution in [2.75, 3.05) is 26.8 Å². The molecule has 0 aliphatic carbocycles. The molecule has 5 nitrogen and oxygen atoms in total. The number of amides is 1. The topological polar surface area (TPSA) is 59.6 Å². The van der Waals surface area contributed by atoms with Gasteiger partial charge in [-0.15, -0.1) is 0 Å². The first-order chi connectivity index (χ1) is 9.29. The molecule has 19 heavy (non-hydrogen) atoms. The fourth-order valence-electron chi connectivity index (χ4n) is 2.10. The van der Waals surface area contributed by atoms with Crippen molar-refractivity contribution in [2.45, 2.75) is 18.6 Å². The van der Waals surface area contributed by atoms with Crippen LogP contribution < -0.4 is 15.4 Å². The quantitative estimate of drug-likeness (QED) is 0.788. The van der Waals surface area contributed by atoms with Gasteiger partial charge in [-0.1, -0.05) is 18.2 Å². The molecule has 1 saturated heterocycles. The molecule has 0 aromatic heterocycles. The van der Waals surface area contributed by atoms with Gasteiger partial charge in [0.05, 0.1) is 25.2 Å². The van der Waals surface area contributed by atoms with Crippen LogP contribution in [0.1, 0.15) is 6.42 Å². The highest BCUT2D eigenvalue weighted by Gasteiger charge is 2.27. The Balaban J connectivity index is 1.67. The zero-order chi connectivity index (χ0) is 13.5. The molecule has 1 aromatic carbocycles. The molecule has 1 amide bonds. The van der Waals surface area contributed by atoms with Crippen molar-refractivity contribution >= 4 is 5.91 Å². The molecular weight excluding hydrogens is 244 g/mol. The predicted molar refractivity (Wildman–Crippen MR) is 72.2 cm³/mol. The van der Waals surface area contributed by atoms with Gasteiger partial charge in [0.2, 0.25) is 5.91 Å². The molecule has 1 aliphatic rings. The number of carbonyl (C=O) groups is 1. The van der Waals surface area contributed by atoms with Crippen LogP contribution in [0.4, 0.5) is 0 Å². The Bertz CT molecular complexity index is 397. The van der Waals surface area contributed by atoms with Crippen LogP contribution in [0.5, 0.6) is 5.75 Å². The van der Waals surface area contributed by atoms with Crippen molar-refractivity contribution < 1.29 is 14.3 Å². The van der Waals surface area contributed by atoms with Crippen LogP contribution in [0.15, 0.2) is 30.3 Å². The van der Waals surface area contributed by atoms with Gasteiger partial charge in [-0.2, -0.15) is 0 Å². The van der Waals surface area contributed by atoms with Gasteiger partial charge in [-0.05, 0) is 12.1 Å². The zero-order valence-corrected chi connectivity index (χ0v) is 11.1. The summed E-state index contributed by atoms with van der Waals surface area (Å²) in [5.74, 6) is 0.777. The minimum atomic E-state index is -0.00770. The van der Waals surface area contributed by atoms with Crippen molar-refractivity contribution in [1.29, 1.82) is 0 Å². The van der Waals surface area contributed by atoms with Gasteiger partial charge in [0.25, 0.3) is 0 Å². The van der Waals surface area contributed by atoms with Gasteiger partial charge >= 0.3 is 0 Å². The van der Waals surface area contributed by atoms with Gasteiger partial charge < -0.3 is 20.1 Å². The fraction of sp³-hybridized carbons (Fsp3) is 0.500. The van der Waals surface area contributed by atoms with Crippen LogP contribution >= 0.6 is 0 Å². The van der Waals surface area contributed by atoms with Crippen molar-refractivity contribution in [3.63, 3.8) is 0 Å². The largest absolute Gasteiger partial charge is 0.493 e. The normalized spacial score (nSPS) is 22.2. The monoisotopic (exact) mass is 264 g/mol. The van der Waals surface area contributed by atoms with E-state index in [4.69, 9.17) is 9.47 Å². The average molecular weight is 264 g/mol. The number of para-hydroxylation sites is 1. The van der Waals surface area contributed by atoms with E-state index in [1.54, 1.807) is 7.11 Å². The van der Waals surface area contributed by atoms with Crippen molar-refractivity contribution in [1.82, 2.24) is 10.6 Å². The van der Waals surface area contributed by atoms with Crippen LogP contribution in [0.25, 0.3) is 0 Å². The molecule has 0 spiro atoms. The Morgan fingerprint density at radius 1 is 1.37 bits per heavy atom. The lowest BCUT2D eigenvalue weighted by Gasteiger charge is -2.18. The molecule has 104 valence electrons.